The molecule has 0 aliphatic rings. The van der Waals surface area contributed by atoms with Crippen molar-refractivity contribution in [2.24, 2.45) is 23.2 Å². The summed E-state index contributed by atoms with van der Waals surface area (Å²) in [6, 6.07) is 0. The summed E-state index contributed by atoms with van der Waals surface area (Å²) in [7, 11) is -10.9. The molecule has 0 saturated carbocycles. The summed E-state index contributed by atoms with van der Waals surface area (Å²) in [5.74, 6) is -4.73. The molecule has 0 aromatic carbocycles. The zero-order valence-corrected chi connectivity index (χ0v) is 64.8. The number of carbonyl (C=O) groups is 6. The molecule has 21 N–H and O–H groups in total. The highest BCUT2D eigenvalue weighted by Crippen LogP contribution is 2.38. The molecule has 0 aliphatic heterocycles. The van der Waals surface area contributed by atoms with Gasteiger partial charge in [0.05, 0.1) is 77.8 Å². The van der Waals surface area contributed by atoms with E-state index in [0.717, 1.165) is 0 Å². The highest BCUT2D eigenvalue weighted by molar-refractivity contribution is 7.46. The van der Waals surface area contributed by atoms with Crippen molar-refractivity contribution in [3.8, 4) is 0 Å². The molecule has 0 spiro atoms. The van der Waals surface area contributed by atoms with E-state index >= 15 is 0 Å². The van der Waals surface area contributed by atoms with Crippen LogP contribution in [-0.4, -0.2) is 324 Å². The average molecular weight is 1620 g/mol. The smallest absolute Gasteiger partial charge is 0.390 e. The topological polar surface area (TPSA) is 640 Å². The Bertz CT molecular complexity index is 2300. The van der Waals surface area contributed by atoms with Crippen molar-refractivity contribution in [3.05, 3.63) is 0 Å². The molecule has 15 atom stereocenters. The number of phosphoric ester groups is 3. The summed E-state index contributed by atoms with van der Waals surface area (Å²) in [5, 5.41) is 110. The van der Waals surface area contributed by atoms with E-state index in [9.17, 15) is 88.4 Å². The lowest BCUT2D eigenvalue weighted by Crippen LogP contribution is -2.49. The van der Waals surface area contributed by atoms with Crippen molar-refractivity contribution in [3.63, 3.8) is 0 Å². The second-order valence-corrected chi connectivity index (χ2v) is 29.6. The van der Waals surface area contributed by atoms with Crippen LogP contribution in [0.2, 0.25) is 0 Å². The Balaban J connectivity index is 5.06. The minimum absolute atomic E-state index is 0.00386. The quantitative estimate of drug-likeness (QED) is 0.0157. The molecule has 0 saturated heterocycles. The zero-order valence-electron chi connectivity index (χ0n) is 62.1. The molecule has 6 amide bonds. The van der Waals surface area contributed by atoms with Crippen molar-refractivity contribution in [1.29, 1.82) is 0 Å². The Kier molecular flexibility index (Phi) is 56.4. The third-order valence-electron chi connectivity index (χ3n) is 15.9. The van der Waals surface area contributed by atoms with Crippen LogP contribution in [0.5, 0.6) is 0 Å². The van der Waals surface area contributed by atoms with Gasteiger partial charge in [-0.15, -0.1) is 0 Å². The number of unbranched alkanes of at least 4 members (excludes halogenated alkanes) is 3. The SMILES string of the molecule is COC(OCCCCC(=O)NCCCNC(=O)CCOCC(C)(COCCC(=O)NCCCNC(=O)CCCCOC(OC)C(O)C(O)C(O)C(C)COP(=O)(O)O)COCCC(=O)NCCCNC(=O)CCCCOC(OC)C(O)C(O)C(O)C(C)COP(=O)(O)O)C(O)C(O)C(O)C(C)COP(=O)(O)O. The molecule has 15 unspecified atom stereocenters. The van der Waals surface area contributed by atoms with Gasteiger partial charge in [0.25, 0.3) is 0 Å². The number of rotatable bonds is 69. The molecule has 0 rings (SSSR count). The van der Waals surface area contributed by atoms with E-state index in [1.54, 1.807) is 6.92 Å². The van der Waals surface area contributed by atoms with Gasteiger partial charge < -0.3 is 150 Å². The van der Waals surface area contributed by atoms with Crippen LogP contribution in [0.1, 0.15) is 124 Å². The normalized spacial score (nSPS) is 17.1. The van der Waals surface area contributed by atoms with E-state index in [4.69, 9.17) is 72.0 Å². The van der Waals surface area contributed by atoms with Gasteiger partial charge in [-0.2, -0.15) is 0 Å². The van der Waals surface area contributed by atoms with E-state index in [-0.39, 0.29) is 173 Å². The predicted octanol–water partition coefficient (Wildman–Crippen LogP) is -3.96. The molecule has 0 heterocycles. The van der Waals surface area contributed by atoms with Gasteiger partial charge in [-0.1, -0.05) is 27.7 Å². The largest absolute Gasteiger partial charge is 0.469 e. The van der Waals surface area contributed by atoms with E-state index in [2.05, 4.69) is 45.5 Å². The molecule has 0 aromatic heterocycles. The number of hydrogen-bond donors (Lipinski definition) is 21. The number of carbonyl (C=O) groups excluding carboxylic acids is 6. The van der Waals surface area contributed by atoms with Gasteiger partial charge in [0.1, 0.15) is 36.6 Å². The van der Waals surface area contributed by atoms with E-state index in [1.807, 2.05) is 0 Å². The minimum atomic E-state index is -4.83. The van der Waals surface area contributed by atoms with E-state index < -0.39 is 140 Å². The number of methoxy groups -OCH3 is 3. The van der Waals surface area contributed by atoms with Gasteiger partial charge >= 0.3 is 23.5 Å². The van der Waals surface area contributed by atoms with Crippen LogP contribution in [0.15, 0.2) is 0 Å². The maximum absolute atomic E-state index is 12.7. The maximum Gasteiger partial charge on any atom is 0.469 e. The predicted molar refractivity (Wildman–Crippen MR) is 374 cm³/mol. The van der Waals surface area contributed by atoms with Crippen molar-refractivity contribution >= 4 is 58.9 Å². The Labute approximate surface area is 623 Å². The molecule has 0 bridgehead atoms. The molecule has 42 nitrogen and oxygen atoms in total. The van der Waals surface area contributed by atoms with E-state index in [0.29, 0.717) is 57.8 Å². The van der Waals surface area contributed by atoms with Crippen molar-refractivity contribution in [1.82, 2.24) is 31.9 Å². The van der Waals surface area contributed by atoms with Crippen LogP contribution < -0.4 is 31.9 Å². The lowest BCUT2D eigenvalue weighted by Gasteiger charge is -2.31. The van der Waals surface area contributed by atoms with Crippen LogP contribution >= 0.6 is 23.5 Å². The first-order valence-corrected chi connectivity index (χ1v) is 39.8. The van der Waals surface area contributed by atoms with Crippen LogP contribution in [0.4, 0.5) is 0 Å². The number of ether oxygens (including phenoxy) is 9. The van der Waals surface area contributed by atoms with E-state index in [1.165, 1.54) is 42.1 Å². The number of phosphoric acid groups is 3. The van der Waals surface area contributed by atoms with Gasteiger partial charge in [0.2, 0.25) is 35.4 Å². The van der Waals surface area contributed by atoms with Gasteiger partial charge in [-0.3, -0.25) is 42.3 Å². The van der Waals surface area contributed by atoms with Crippen molar-refractivity contribution in [2.75, 3.05) is 140 Å². The summed E-state index contributed by atoms with van der Waals surface area (Å²) in [4.78, 5) is 129. The Hall–Kier alpha value is -3.57. The molecule has 107 heavy (non-hydrogen) atoms. The third kappa shape index (κ3) is 52.4. The number of amides is 6. The summed E-state index contributed by atoms with van der Waals surface area (Å²) in [5.41, 5.74) is -0.831. The molecule has 0 fully saturated rings. The lowest BCUT2D eigenvalue weighted by molar-refractivity contribution is -0.219. The third-order valence-corrected chi connectivity index (χ3v) is 17.4. The highest BCUT2D eigenvalue weighted by atomic mass is 31.2. The lowest BCUT2D eigenvalue weighted by atomic mass is 9.94. The number of aliphatic hydroxyl groups is 9. The first kappa shape index (κ1) is 103. The molecule has 45 heteroatoms. The number of hydrogen-bond acceptors (Lipinski definition) is 30. The summed E-state index contributed by atoms with van der Waals surface area (Å²) in [6.07, 6.45) is -16.1. The Morgan fingerprint density at radius 1 is 0.318 bits per heavy atom. The summed E-state index contributed by atoms with van der Waals surface area (Å²) >= 11 is 0. The zero-order chi connectivity index (χ0) is 81.2. The van der Waals surface area contributed by atoms with Gasteiger partial charge in [0, 0.05) is 142 Å². The molecule has 0 aliphatic carbocycles. The monoisotopic (exact) mass is 1620 g/mol. The van der Waals surface area contributed by atoms with Crippen LogP contribution in [0.3, 0.4) is 0 Å². The average Bonchev–Trinajstić information content (AvgIpc) is 0.880. The molecule has 632 valence electrons. The van der Waals surface area contributed by atoms with Gasteiger partial charge in [-0.25, -0.2) is 13.7 Å². The molecule has 0 radical (unpaired) electrons. The Morgan fingerprint density at radius 2 is 0.533 bits per heavy atom. The number of nitrogens with one attached hydrogen (secondary N) is 6. The standard InChI is InChI=1S/C62H123N6O36P3/c1-41(35-102-105(84,85)86)50(75)53(78)56(81)59(93-5)99-29-11-8-17-44(69)63-23-14-26-66-47(72)20-32-96-38-62(4,39-97-33-21-48(73)67-27-15-24-64-45(70)18-9-12-30-100-60(94-6)57(82)54(79)51(76)42(2)36-103-106(87,88)89)40-98-34-22-49(74)68-28-16-25-65-46(71)19-10-13-31-101-61(95-7)58(83)55(80)52(77)43(3)37-104-107(90,91)92/h41-43,50-61,75-83H,8-40H2,1-7H3,(H,63,69)(H,64,70)(H,65,71)(H,66,72)(H,67,73)(H,68,74)(H2,84,85,86)(H2,87,88,89)(H2,90,91,92). The fourth-order valence-electron chi connectivity index (χ4n) is 9.46. The first-order chi connectivity index (χ1) is 50.2. The fraction of sp³-hybridized carbons (Fsp3) is 0.903. The van der Waals surface area contributed by atoms with Crippen molar-refractivity contribution in [2.45, 2.75) is 198 Å². The summed E-state index contributed by atoms with van der Waals surface area (Å²) in [6.45, 7) is 5.63. The van der Waals surface area contributed by atoms with Crippen LogP contribution in [-0.2, 0) is 98.7 Å². The van der Waals surface area contributed by atoms with Gasteiger partial charge in [-0.05, 0) is 57.8 Å². The fourth-order valence-corrected chi connectivity index (χ4v) is 10.7. The minimum Gasteiger partial charge on any atom is -0.390 e. The Morgan fingerprint density at radius 3 is 0.738 bits per heavy atom. The highest BCUT2D eigenvalue weighted by Gasteiger charge is 2.39. The molecular formula is C62H123N6O36P3. The second kappa shape index (κ2) is 58.3. The van der Waals surface area contributed by atoms with Crippen molar-refractivity contribution < 1.29 is 174 Å². The van der Waals surface area contributed by atoms with Crippen LogP contribution in [0.25, 0.3) is 0 Å². The van der Waals surface area contributed by atoms with Crippen LogP contribution in [0, 0.1) is 23.2 Å². The summed E-state index contributed by atoms with van der Waals surface area (Å²) < 4.78 is 95.3. The first-order valence-electron chi connectivity index (χ1n) is 35.2. The maximum atomic E-state index is 12.7. The van der Waals surface area contributed by atoms with Gasteiger partial charge in [0.15, 0.2) is 18.9 Å². The molecule has 0 aromatic rings. The second-order valence-electron chi connectivity index (χ2n) is 25.9. The number of aliphatic hydroxyl groups excluding tert-OH is 9. The molecular weight excluding hydrogens is 1500 g/mol.